The summed E-state index contributed by atoms with van der Waals surface area (Å²) in [6.45, 7) is 0.318. The Labute approximate surface area is 208 Å². The Morgan fingerprint density at radius 2 is 1.61 bits per heavy atom. The Morgan fingerprint density at radius 1 is 0.861 bits per heavy atom. The Hall–Kier alpha value is -4.90. The highest BCUT2D eigenvalue weighted by atomic mass is 16.1. The van der Waals surface area contributed by atoms with Crippen molar-refractivity contribution in [1.82, 2.24) is 15.3 Å². The van der Waals surface area contributed by atoms with E-state index in [0.717, 1.165) is 55.1 Å². The molecule has 0 radical (unpaired) electrons. The van der Waals surface area contributed by atoms with E-state index in [1.807, 2.05) is 48.5 Å². The SMILES string of the molecule is Nc1ccc(/C=C/C(=O)NCc2cc3c([nH]c4ccccc43)c(-c3cccc4ccccc34)n2)cc1. The molecule has 4 N–H and O–H groups in total. The lowest BCUT2D eigenvalue weighted by molar-refractivity contribution is -0.116. The maximum absolute atomic E-state index is 12.6. The van der Waals surface area contributed by atoms with Crippen molar-refractivity contribution in [2.75, 3.05) is 5.73 Å². The first kappa shape index (κ1) is 21.6. The number of nitrogens with zero attached hydrogens (tertiary/aromatic N) is 1. The van der Waals surface area contributed by atoms with Gasteiger partial charge >= 0.3 is 0 Å². The van der Waals surface area contributed by atoms with Gasteiger partial charge in [0.15, 0.2) is 0 Å². The summed E-state index contributed by atoms with van der Waals surface area (Å²) in [6, 6.07) is 32.3. The second kappa shape index (κ2) is 9.04. The van der Waals surface area contributed by atoms with Crippen LogP contribution in [0.2, 0.25) is 0 Å². The average molecular weight is 469 g/mol. The number of rotatable bonds is 5. The first-order chi connectivity index (χ1) is 17.7. The molecule has 174 valence electrons. The molecule has 6 aromatic rings. The molecule has 6 rings (SSSR count). The number of para-hydroxylation sites is 1. The second-order valence-corrected chi connectivity index (χ2v) is 8.80. The van der Waals surface area contributed by atoms with Crippen molar-refractivity contribution in [3.05, 3.63) is 114 Å². The molecule has 0 spiro atoms. The molecular weight excluding hydrogens is 444 g/mol. The third-order valence-electron chi connectivity index (χ3n) is 6.40. The van der Waals surface area contributed by atoms with Gasteiger partial charge in [-0.2, -0.15) is 0 Å². The van der Waals surface area contributed by atoms with Gasteiger partial charge in [0.25, 0.3) is 0 Å². The molecule has 4 aromatic carbocycles. The lowest BCUT2D eigenvalue weighted by Crippen LogP contribution is -2.21. The maximum Gasteiger partial charge on any atom is 0.244 e. The fourth-order valence-corrected chi connectivity index (χ4v) is 4.63. The maximum atomic E-state index is 12.6. The molecule has 0 saturated carbocycles. The minimum Gasteiger partial charge on any atom is -0.399 e. The summed E-state index contributed by atoms with van der Waals surface area (Å²) >= 11 is 0. The number of nitrogens with two attached hydrogens (primary N) is 1. The van der Waals surface area contributed by atoms with Crippen LogP contribution in [0.3, 0.4) is 0 Å². The van der Waals surface area contributed by atoms with Crippen LogP contribution in [0.1, 0.15) is 11.3 Å². The average Bonchev–Trinajstić information content (AvgIpc) is 3.29. The van der Waals surface area contributed by atoms with Gasteiger partial charge in [-0.25, -0.2) is 4.98 Å². The summed E-state index contributed by atoms with van der Waals surface area (Å²) in [5.74, 6) is -0.181. The van der Waals surface area contributed by atoms with E-state index in [4.69, 9.17) is 10.7 Å². The Bertz CT molecular complexity index is 1760. The molecule has 36 heavy (non-hydrogen) atoms. The molecule has 0 fully saturated rings. The van der Waals surface area contributed by atoms with Crippen molar-refractivity contribution in [1.29, 1.82) is 0 Å². The standard InChI is InChI=1S/C31H24N4O/c32-22-15-12-20(13-16-22)14-17-29(36)33-19-23-18-27-25-9-3-4-11-28(25)35-31(27)30(34-23)26-10-5-7-21-6-1-2-8-24(21)26/h1-18,35H,19,32H2,(H,33,36)/b17-14+. The summed E-state index contributed by atoms with van der Waals surface area (Å²) in [6.07, 6.45) is 3.30. The van der Waals surface area contributed by atoms with Gasteiger partial charge in [0, 0.05) is 33.6 Å². The molecule has 0 aliphatic rings. The molecule has 5 heteroatoms. The Morgan fingerprint density at radius 3 is 2.47 bits per heavy atom. The van der Waals surface area contributed by atoms with Crippen LogP contribution in [-0.2, 0) is 11.3 Å². The molecule has 2 aromatic heterocycles. The molecule has 0 bridgehead atoms. The molecule has 0 aliphatic carbocycles. The molecule has 5 nitrogen and oxygen atoms in total. The number of benzene rings is 4. The van der Waals surface area contributed by atoms with Crippen LogP contribution >= 0.6 is 0 Å². The summed E-state index contributed by atoms with van der Waals surface area (Å²) < 4.78 is 0. The number of carbonyl (C=O) groups excluding carboxylic acids is 1. The van der Waals surface area contributed by atoms with Gasteiger partial charge in [-0.3, -0.25) is 4.79 Å². The zero-order valence-electron chi connectivity index (χ0n) is 19.5. The van der Waals surface area contributed by atoms with E-state index in [0.29, 0.717) is 12.2 Å². The Balaban J connectivity index is 1.39. The van der Waals surface area contributed by atoms with E-state index in [-0.39, 0.29) is 5.91 Å². The summed E-state index contributed by atoms with van der Waals surface area (Å²) in [5, 5.41) is 7.50. The molecule has 0 aliphatic heterocycles. The number of carbonyl (C=O) groups is 1. The van der Waals surface area contributed by atoms with E-state index in [1.165, 1.54) is 6.08 Å². The van der Waals surface area contributed by atoms with Gasteiger partial charge in [-0.1, -0.05) is 72.8 Å². The van der Waals surface area contributed by atoms with E-state index < -0.39 is 0 Å². The second-order valence-electron chi connectivity index (χ2n) is 8.80. The fourth-order valence-electron chi connectivity index (χ4n) is 4.63. The van der Waals surface area contributed by atoms with Gasteiger partial charge in [0.2, 0.25) is 5.91 Å². The fraction of sp³-hybridized carbons (Fsp3) is 0.0323. The number of fused-ring (bicyclic) bond motifs is 4. The predicted molar refractivity (Wildman–Crippen MR) is 148 cm³/mol. The van der Waals surface area contributed by atoms with Crippen LogP contribution in [0.4, 0.5) is 5.69 Å². The number of amides is 1. The van der Waals surface area contributed by atoms with Crippen molar-refractivity contribution in [2.45, 2.75) is 6.54 Å². The van der Waals surface area contributed by atoms with Gasteiger partial charge in [-0.05, 0) is 46.7 Å². The van der Waals surface area contributed by atoms with Crippen LogP contribution in [0.25, 0.3) is 49.9 Å². The molecular formula is C31H24N4O. The minimum atomic E-state index is -0.181. The third-order valence-corrected chi connectivity index (χ3v) is 6.40. The van der Waals surface area contributed by atoms with E-state index in [9.17, 15) is 4.79 Å². The number of aromatic amines is 1. The van der Waals surface area contributed by atoms with Crippen molar-refractivity contribution < 1.29 is 4.79 Å². The number of hydrogen-bond acceptors (Lipinski definition) is 3. The van der Waals surface area contributed by atoms with Crippen molar-refractivity contribution in [2.24, 2.45) is 0 Å². The monoisotopic (exact) mass is 468 g/mol. The lowest BCUT2D eigenvalue weighted by Gasteiger charge is -2.11. The summed E-state index contributed by atoms with van der Waals surface area (Å²) in [5.41, 5.74) is 12.1. The number of nitrogens with one attached hydrogen (secondary N) is 2. The van der Waals surface area contributed by atoms with Crippen LogP contribution in [0, 0.1) is 0 Å². The summed E-state index contributed by atoms with van der Waals surface area (Å²) in [7, 11) is 0. The van der Waals surface area contributed by atoms with E-state index in [2.05, 4.69) is 58.8 Å². The molecule has 0 unspecified atom stereocenters. The van der Waals surface area contributed by atoms with Gasteiger partial charge in [0.05, 0.1) is 23.4 Å². The number of nitrogen functional groups attached to an aromatic ring is 1. The van der Waals surface area contributed by atoms with Crippen molar-refractivity contribution in [3.8, 4) is 11.3 Å². The largest absolute Gasteiger partial charge is 0.399 e. The number of hydrogen-bond donors (Lipinski definition) is 3. The Kier molecular flexibility index (Phi) is 5.43. The highest BCUT2D eigenvalue weighted by Gasteiger charge is 2.15. The number of anilines is 1. The van der Waals surface area contributed by atoms with E-state index >= 15 is 0 Å². The number of aromatic nitrogens is 2. The molecule has 0 saturated heterocycles. The normalized spacial score (nSPS) is 11.6. The van der Waals surface area contributed by atoms with Crippen molar-refractivity contribution >= 4 is 50.2 Å². The lowest BCUT2D eigenvalue weighted by atomic mass is 10.00. The first-order valence-electron chi connectivity index (χ1n) is 11.9. The zero-order valence-corrected chi connectivity index (χ0v) is 19.5. The van der Waals surface area contributed by atoms with E-state index in [1.54, 1.807) is 6.08 Å². The predicted octanol–water partition coefficient (Wildman–Crippen LogP) is 6.45. The molecule has 2 heterocycles. The quantitative estimate of drug-likeness (QED) is 0.201. The number of pyridine rings is 1. The van der Waals surface area contributed by atoms with Gasteiger partial charge in [-0.15, -0.1) is 0 Å². The third kappa shape index (κ3) is 4.07. The number of H-pyrrole nitrogens is 1. The highest BCUT2D eigenvalue weighted by molar-refractivity contribution is 6.13. The van der Waals surface area contributed by atoms with Crippen LogP contribution in [0.15, 0.2) is 103 Å². The van der Waals surface area contributed by atoms with Crippen LogP contribution < -0.4 is 11.1 Å². The van der Waals surface area contributed by atoms with Crippen LogP contribution in [0.5, 0.6) is 0 Å². The van der Waals surface area contributed by atoms with Crippen LogP contribution in [-0.4, -0.2) is 15.9 Å². The smallest absolute Gasteiger partial charge is 0.244 e. The summed E-state index contributed by atoms with van der Waals surface area (Å²) in [4.78, 5) is 21.2. The zero-order chi connectivity index (χ0) is 24.5. The molecule has 1 amide bonds. The minimum absolute atomic E-state index is 0.181. The van der Waals surface area contributed by atoms with Gasteiger partial charge in [0.1, 0.15) is 0 Å². The topological polar surface area (TPSA) is 83.8 Å². The first-order valence-corrected chi connectivity index (χ1v) is 11.9. The van der Waals surface area contributed by atoms with Crippen molar-refractivity contribution in [3.63, 3.8) is 0 Å². The van der Waals surface area contributed by atoms with Gasteiger partial charge < -0.3 is 16.0 Å². The molecule has 0 atom stereocenters. The highest BCUT2D eigenvalue weighted by Crippen LogP contribution is 2.35.